The van der Waals surface area contributed by atoms with Crippen molar-refractivity contribution >= 4 is 17.4 Å². The number of pyridine rings is 1. The van der Waals surface area contributed by atoms with Crippen LogP contribution in [0.3, 0.4) is 0 Å². The van der Waals surface area contributed by atoms with E-state index >= 15 is 0 Å². The second kappa shape index (κ2) is 6.12. The minimum Gasteiger partial charge on any atom is -0.343 e. The summed E-state index contributed by atoms with van der Waals surface area (Å²) in [5.41, 5.74) is 3.75. The first-order chi connectivity index (χ1) is 13.2. The van der Waals surface area contributed by atoms with Gasteiger partial charge in [-0.2, -0.15) is 5.10 Å². The van der Waals surface area contributed by atoms with E-state index in [9.17, 15) is 0 Å². The monoisotopic (exact) mass is 357 g/mol. The van der Waals surface area contributed by atoms with Crippen molar-refractivity contribution in [3.8, 4) is 5.69 Å². The van der Waals surface area contributed by atoms with Gasteiger partial charge >= 0.3 is 0 Å². The van der Waals surface area contributed by atoms with Gasteiger partial charge in [0, 0.05) is 36.1 Å². The van der Waals surface area contributed by atoms with Crippen molar-refractivity contribution in [3.63, 3.8) is 0 Å². The minimum absolute atomic E-state index is 0.260. The van der Waals surface area contributed by atoms with Crippen molar-refractivity contribution in [3.05, 3.63) is 66.6 Å². The molecule has 1 fully saturated rings. The predicted octanol–water partition coefficient (Wildman–Crippen LogP) is 3.16. The van der Waals surface area contributed by atoms with E-state index in [-0.39, 0.29) is 11.8 Å². The van der Waals surface area contributed by atoms with Crippen LogP contribution >= 0.6 is 0 Å². The molecule has 1 aliphatic heterocycles. The topological polar surface area (TPSA) is 80.9 Å². The summed E-state index contributed by atoms with van der Waals surface area (Å²) >= 11 is 0. The van der Waals surface area contributed by atoms with Crippen LogP contribution in [-0.4, -0.2) is 30.6 Å². The van der Waals surface area contributed by atoms with E-state index in [2.05, 4.69) is 31.9 Å². The van der Waals surface area contributed by atoms with Gasteiger partial charge in [0.05, 0.1) is 23.6 Å². The Morgan fingerprint density at radius 2 is 1.93 bits per heavy atom. The normalized spacial score (nSPS) is 21.1. The third kappa shape index (κ3) is 2.54. The smallest absolute Gasteiger partial charge is 0.167 e. The third-order valence-electron chi connectivity index (χ3n) is 5.36. The Balaban J connectivity index is 1.55. The van der Waals surface area contributed by atoms with Crippen LogP contribution in [0.2, 0.25) is 0 Å². The van der Waals surface area contributed by atoms with Gasteiger partial charge in [-0.1, -0.05) is 6.58 Å². The van der Waals surface area contributed by atoms with Gasteiger partial charge in [0.1, 0.15) is 11.7 Å². The van der Waals surface area contributed by atoms with Crippen LogP contribution in [0.1, 0.15) is 35.7 Å². The zero-order valence-electron chi connectivity index (χ0n) is 15.0. The molecule has 2 aliphatic rings. The molecular weight excluding hydrogens is 338 g/mol. The summed E-state index contributed by atoms with van der Waals surface area (Å²) in [7, 11) is 0. The molecule has 4 heterocycles. The lowest BCUT2D eigenvalue weighted by molar-refractivity contribution is 0.320. The van der Waals surface area contributed by atoms with Crippen molar-refractivity contribution in [2.24, 2.45) is 10.9 Å². The number of nitrogens with one attached hydrogen (secondary N) is 1. The number of aliphatic imine (C=N–C) groups is 1. The van der Waals surface area contributed by atoms with Gasteiger partial charge in [0.25, 0.3) is 0 Å². The number of hydrogen-bond acceptors (Lipinski definition) is 6. The molecule has 0 saturated heterocycles. The van der Waals surface area contributed by atoms with E-state index in [1.54, 1.807) is 24.8 Å². The average Bonchev–Trinajstić information content (AvgIpc) is 3.06. The van der Waals surface area contributed by atoms with Gasteiger partial charge in [-0.05, 0) is 37.5 Å². The lowest BCUT2D eigenvalue weighted by Gasteiger charge is -2.37. The van der Waals surface area contributed by atoms with Crippen molar-refractivity contribution in [1.82, 2.24) is 30.0 Å². The molecule has 0 aromatic carbocycles. The quantitative estimate of drug-likeness (QED) is 0.779. The number of rotatable bonds is 3. The molecule has 3 aromatic rings. The van der Waals surface area contributed by atoms with Crippen molar-refractivity contribution in [2.45, 2.75) is 25.7 Å². The molecule has 0 spiro atoms. The molecule has 0 amide bonds. The van der Waals surface area contributed by atoms with E-state index in [4.69, 9.17) is 4.99 Å². The first-order valence-corrected chi connectivity index (χ1v) is 9.03. The third-order valence-corrected chi connectivity index (χ3v) is 5.36. The molecule has 7 nitrogen and oxygen atoms in total. The maximum absolute atomic E-state index is 4.93. The zero-order valence-corrected chi connectivity index (χ0v) is 15.0. The Labute approximate surface area is 156 Å². The molecule has 134 valence electrons. The molecule has 2 atom stereocenters. The van der Waals surface area contributed by atoms with Crippen LogP contribution in [0.4, 0.5) is 5.82 Å². The minimum atomic E-state index is 0.260. The number of hydrogen-bond donors (Lipinski definition) is 1. The summed E-state index contributed by atoms with van der Waals surface area (Å²) in [4.78, 5) is 18.0. The van der Waals surface area contributed by atoms with Gasteiger partial charge in [-0.25, -0.2) is 19.6 Å². The molecule has 7 heteroatoms. The van der Waals surface area contributed by atoms with Gasteiger partial charge in [0.15, 0.2) is 5.82 Å². The van der Waals surface area contributed by atoms with E-state index in [1.165, 1.54) is 0 Å². The Kier molecular flexibility index (Phi) is 3.60. The molecule has 5 rings (SSSR count). The van der Waals surface area contributed by atoms with Crippen LogP contribution in [0.15, 0.2) is 54.7 Å². The van der Waals surface area contributed by atoms with Crippen molar-refractivity contribution in [1.29, 1.82) is 0 Å². The summed E-state index contributed by atoms with van der Waals surface area (Å²) < 4.78 is 1.84. The Morgan fingerprint density at radius 3 is 2.67 bits per heavy atom. The van der Waals surface area contributed by atoms with Crippen LogP contribution < -0.4 is 5.32 Å². The summed E-state index contributed by atoms with van der Waals surface area (Å²) in [6.07, 6.45) is 11.1. The van der Waals surface area contributed by atoms with Gasteiger partial charge in [-0.15, -0.1) is 0 Å². The average molecular weight is 357 g/mol. The number of amidine groups is 1. The fourth-order valence-electron chi connectivity index (χ4n) is 3.69. The van der Waals surface area contributed by atoms with Crippen LogP contribution in [0.25, 0.3) is 11.4 Å². The zero-order chi connectivity index (χ0) is 18.4. The molecule has 0 unspecified atom stereocenters. The second-order valence-corrected chi connectivity index (χ2v) is 6.95. The molecule has 27 heavy (non-hydrogen) atoms. The number of aryl methyl sites for hydroxylation is 1. The summed E-state index contributed by atoms with van der Waals surface area (Å²) in [5.74, 6) is 3.13. The molecule has 3 aromatic heterocycles. The first kappa shape index (κ1) is 15.9. The highest BCUT2D eigenvalue weighted by atomic mass is 15.3. The number of aromatic nitrogens is 5. The molecule has 0 bridgehead atoms. The van der Waals surface area contributed by atoms with Gasteiger partial charge < -0.3 is 5.32 Å². The highest BCUT2D eigenvalue weighted by Gasteiger charge is 2.39. The van der Waals surface area contributed by atoms with Crippen LogP contribution in [-0.2, 0) is 0 Å². The van der Waals surface area contributed by atoms with Gasteiger partial charge in [-0.3, -0.25) is 4.98 Å². The molecule has 1 saturated carbocycles. The second-order valence-electron chi connectivity index (χ2n) is 6.95. The molecule has 1 N–H and O–H groups in total. The number of nitrogens with zero attached hydrogens (tertiary/aromatic N) is 6. The fraction of sp³-hybridized carbons (Fsp3) is 0.250. The maximum Gasteiger partial charge on any atom is 0.167 e. The van der Waals surface area contributed by atoms with E-state index in [0.717, 1.165) is 52.8 Å². The van der Waals surface area contributed by atoms with Crippen molar-refractivity contribution in [2.75, 3.05) is 0 Å². The fourth-order valence-corrected chi connectivity index (χ4v) is 3.69. The maximum atomic E-state index is 4.93. The Morgan fingerprint density at radius 1 is 1.11 bits per heavy atom. The van der Waals surface area contributed by atoms with Gasteiger partial charge in [0.2, 0.25) is 0 Å². The summed E-state index contributed by atoms with van der Waals surface area (Å²) in [6.45, 7) is 6.22. The molecule has 1 aliphatic carbocycles. The highest BCUT2D eigenvalue weighted by Crippen LogP contribution is 2.43. The lowest BCUT2D eigenvalue weighted by Crippen LogP contribution is -2.40. The van der Waals surface area contributed by atoms with E-state index in [1.807, 2.05) is 29.9 Å². The standard InChI is InChI=1S/C20H19N7/c1-12-6-9-21-11-17(12)27-20-16(10-24-27)13(2)25-19(26-20)15-5-4-14(15)18-22-7-3-8-23-18/h3,6-11,14-15H,2,4-5H2,1H3,(H,25,26)/t14-,15-/m1/s1. The molecular formula is C20H19N7. The number of fused-ring (bicyclic) bond motifs is 1. The predicted molar refractivity (Wildman–Crippen MR) is 103 cm³/mol. The first-order valence-electron chi connectivity index (χ1n) is 9.03. The largest absolute Gasteiger partial charge is 0.343 e. The summed E-state index contributed by atoms with van der Waals surface area (Å²) in [5, 5.41) is 7.92. The highest BCUT2D eigenvalue weighted by molar-refractivity contribution is 5.99. The van der Waals surface area contributed by atoms with Crippen molar-refractivity contribution < 1.29 is 0 Å². The van der Waals surface area contributed by atoms with E-state index in [0.29, 0.717) is 0 Å². The Bertz CT molecular complexity index is 1050. The van der Waals surface area contributed by atoms with Crippen LogP contribution in [0, 0.1) is 12.8 Å². The Hall–Kier alpha value is -3.35. The van der Waals surface area contributed by atoms with Crippen LogP contribution in [0.5, 0.6) is 0 Å². The SMILES string of the molecule is C=C1NC([C@@H]2CC[C@H]2c2ncccn2)=Nc2c1cnn2-c1cnccc1C. The molecule has 0 radical (unpaired) electrons. The lowest BCUT2D eigenvalue weighted by atomic mass is 9.72. The van der Waals surface area contributed by atoms with E-state index < -0.39 is 0 Å². The summed E-state index contributed by atoms with van der Waals surface area (Å²) in [6, 6.07) is 3.81.